The number of fused-ring (bicyclic) bond motifs is 1. The van der Waals surface area contributed by atoms with Gasteiger partial charge in [-0.25, -0.2) is 4.68 Å². The van der Waals surface area contributed by atoms with Crippen LogP contribution in [-0.2, 0) is 11.2 Å². The lowest BCUT2D eigenvalue weighted by molar-refractivity contribution is -0.0744. The minimum absolute atomic E-state index is 0.0111. The van der Waals surface area contributed by atoms with Crippen molar-refractivity contribution in [3.05, 3.63) is 48.3 Å². The van der Waals surface area contributed by atoms with Crippen molar-refractivity contribution in [2.24, 2.45) is 0 Å². The SMILES string of the molecule is c1ccc2c(c1)CCN2c1nc(N2CCNC3(COC3)C2)nc(-n2cccn2)n1. The number of nitrogens with one attached hydrogen (secondary N) is 1. The Balaban J connectivity index is 1.42. The Labute approximate surface area is 168 Å². The lowest BCUT2D eigenvalue weighted by Crippen LogP contribution is -2.70. The molecule has 3 aliphatic heterocycles. The number of ether oxygens (including phenoxy) is 1. The number of piperazine rings is 1. The van der Waals surface area contributed by atoms with Crippen LogP contribution < -0.4 is 15.1 Å². The average molecular weight is 390 g/mol. The number of benzene rings is 1. The number of nitrogens with zero attached hydrogens (tertiary/aromatic N) is 7. The predicted octanol–water partition coefficient (Wildman–Crippen LogP) is 0.930. The summed E-state index contributed by atoms with van der Waals surface area (Å²) in [6.45, 7) is 4.88. The van der Waals surface area contributed by atoms with Crippen molar-refractivity contribution in [1.29, 1.82) is 0 Å². The Morgan fingerprint density at radius 3 is 2.66 bits per heavy atom. The highest BCUT2D eigenvalue weighted by molar-refractivity contribution is 5.66. The Bertz CT molecular complexity index is 1030. The minimum Gasteiger partial charge on any atom is -0.377 e. The minimum atomic E-state index is 0.0111. The lowest BCUT2D eigenvalue weighted by atomic mass is 9.95. The van der Waals surface area contributed by atoms with Crippen molar-refractivity contribution >= 4 is 17.6 Å². The predicted molar refractivity (Wildman–Crippen MR) is 108 cm³/mol. The zero-order valence-corrected chi connectivity index (χ0v) is 16.0. The van der Waals surface area contributed by atoms with E-state index in [0.29, 0.717) is 17.8 Å². The second kappa shape index (κ2) is 6.50. The number of hydrogen-bond donors (Lipinski definition) is 1. The van der Waals surface area contributed by atoms with Crippen molar-refractivity contribution in [2.75, 3.05) is 49.2 Å². The summed E-state index contributed by atoms with van der Waals surface area (Å²) in [7, 11) is 0. The molecule has 0 unspecified atom stereocenters. The average Bonchev–Trinajstić information content (AvgIpc) is 3.42. The van der Waals surface area contributed by atoms with Crippen molar-refractivity contribution in [1.82, 2.24) is 30.0 Å². The van der Waals surface area contributed by atoms with Crippen LogP contribution in [0.3, 0.4) is 0 Å². The highest BCUT2D eigenvalue weighted by Gasteiger charge is 2.43. The van der Waals surface area contributed by atoms with E-state index in [1.165, 1.54) is 11.3 Å². The van der Waals surface area contributed by atoms with Crippen LogP contribution in [0.25, 0.3) is 5.95 Å². The van der Waals surface area contributed by atoms with Gasteiger partial charge in [-0.2, -0.15) is 20.1 Å². The molecule has 0 amide bonds. The van der Waals surface area contributed by atoms with E-state index in [9.17, 15) is 0 Å². The van der Waals surface area contributed by atoms with E-state index in [1.807, 2.05) is 12.3 Å². The molecule has 1 N–H and O–H groups in total. The third kappa shape index (κ3) is 2.85. The molecule has 29 heavy (non-hydrogen) atoms. The van der Waals surface area contributed by atoms with E-state index < -0.39 is 0 Å². The van der Waals surface area contributed by atoms with Crippen LogP contribution in [0.2, 0.25) is 0 Å². The highest BCUT2D eigenvalue weighted by Crippen LogP contribution is 2.33. The zero-order valence-electron chi connectivity index (χ0n) is 16.0. The summed E-state index contributed by atoms with van der Waals surface area (Å²) in [5.74, 6) is 1.90. The fourth-order valence-corrected chi connectivity index (χ4v) is 4.31. The maximum atomic E-state index is 5.46. The molecule has 9 heteroatoms. The zero-order chi connectivity index (χ0) is 19.3. The number of para-hydroxylation sites is 1. The fraction of sp³-hybridized carbons (Fsp3) is 0.400. The van der Waals surface area contributed by atoms with Gasteiger partial charge in [-0.15, -0.1) is 0 Å². The first-order chi connectivity index (χ1) is 14.3. The van der Waals surface area contributed by atoms with Crippen LogP contribution >= 0.6 is 0 Å². The fourth-order valence-electron chi connectivity index (χ4n) is 4.31. The summed E-state index contributed by atoms with van der Waals surface area (Å²) >= 11 is 0. The molecule has 148 valence electrons. The van der Waals surface area contributed by atoms with E-state index in [0.717, 1.165) is 45.8 Å². The Morgan fingerprint density at radius 1 is 0.966 bits per heavy atom. The van der Waals surface area contributed by atoms with E-state index >= 15 is 0 Å². The number of aromatic nitrogens is 5. The molecule has 0 bridgehead atoms. The summed E-state index contributed by atoms with van der Waals surface area (Å²) in [6.07, 6.45) is 4.59. The van der Waals surface area contributed by atoms with Gasteiger partial charge in [0.15, 0.2) is 0 Å². The molecule has 2 fully saturated rings. The molecule has 2 saturated heterocycles. The van der Waals surface area contributed by atoms with Gasteiger partial charge < -0.3 is 19.9 Å². The molecule has 3 aliphatic rings. The Kier molecular flexibility index (Phi) is 3.78. The van der Waals surface area contributed by atoms with Gasteiger partial charge in [-0.3, -0.25) is 0 Å². The maximum absolute atomic E-state index is 5.46. The van der Waals surface area contributed by atoms with Crippen LogP contribution in [0.4, 0.5) is 17.6 Å². The monoisotopic (exact) mass is 390 g/mol. The standard InChI is InChI=1S/C20H22N8O/c1-2-5-16-15(4-1)6-10-27(16)18-23-17(24-19(25-18)28-9-3-7-22-28)26-11-8-21-20(12-26)13-29-14-20/h1-5,7,9,21H,6,8,10-14H2. The summed E-state index contributed by atoms with van der Waals surface area (Å²) in [6, 6.07) is 10.3. The summed E-state index contributed by atoms with van der Waals surface area (Å²) < 4.78 is 7.16. The third-order valence-electron chi connectivity index (χ3n) is 5.85. The van der Waals surface area contributed by atoms with Crippen LogP contribution in [0.1, 0.15) is 5.56 Å². The van der Waals surface area contributed by atoms with Gasteiger partial charge >= 0.3 is 0 Å². The Morgan fingerprint density at radius 2 is 1.83 bits per heavy atom. The van der Waals surface area contributed by atoms with Gasteiger partial charge in [0.2, 0.25) is 11.9 Å². The molecular formula is C20H22N8O. The molecule has 5 heterocycles. The quantitative estimate of drug-likeness (QED) is 0.707. The van der Waals surface area contributed by atoms with Crippen molar-refractivity contribution in [3.8, 4) is 5.95 Å². The molecule has 0 radical (unpaired) electrons. The first-order valence-corrected chi connectivity index (χ1v) is 9.99. The normalized spacial score (nSPS) is 20.0. The molecule has 0 saturated carbocycles. The van der Waals surface area contributed by atoms with Gasteiger partial charge in [-0.1, -0.05) is 18.2 Å². The van der Waals surface area contributed by atoms with E-state index in [4.69, 9.17) is 19.7 Å². The van der Waals surface area contributed by atoms with Crippen molar-refractivity contribution in [3.63, 3.8) is 0 Å². The van der Waals surface area contributed by atoms with E-state index in [1.54, 1.807) is 10.9 Å². The Hall–Kier alpha value is -3.04. The van der Waals surface area contributed by atoms with Gasteiger partial charge in [0.1, 0.15) is 0 Å². The number of hydrogen-bond acceptors (Lipinski definition) is 8. The highest BCUT2D eigenvalue weighted by atomic mass is 16.5. The number of rotatable bonds is 3. The van der Waals surface area contributed by atoms with Crippen molar-refractivity contribution in [2.45, 2.75) is 12.0 Å². The maximum Gasteiger partial charge on any atom is 0.257 e. The van der Waals surface area contributed by atoms with E-state index in [2.05, 4.69) is 44.5 Å². The second-order valence-corrected chi connectivity index (χ2v) is 7.84. The largest absolute Gasteiger partial charge is 0.377 e. The molecule has 6 rings (SSSR count). The molecule has 1 aromatic carbocycles. The number of anilines is 3. The smallest absolute Gasteiger partial charge is 0.257 e. The molecular weight excluding hydrogens is 368 g/mol. The van der Waals surface area contributed by atoms with Gasteiger partial charge in [0.05, 0.1) is 18.8 Å². The summed E-state index contributed by atoms with van der Waals surface area (Å²) in [5, 5.41) is 7.93. The van der Waals surface area contributed by atoms with Gasteiger partial charge in [0, 0.05) is 44.3 Å². The molecule has 0 aliphatic carbocycles. The van der Waals surface area contributed by atoms with Gasteiger partial charge in [-0.05, 0) is 24.1 Å². The molecule has 9 nitrogen and oxygen atoms in total. The third-order valence-corrected chi connectivity index (χ3v) is 5.85. The molecule has 2 aromatic heterocycles. The summed E-state index contributed by atoms with van der Waals surface area (Å²) in [4.78, 5) is 18.8. The van der Waals surface area contributed by atoms with Crippen molar-refractivity contribution < 1.29 is 4.74 Å². The lowest BCUT2D eigenvalue weighted by Gasteiger charge is -2.48. The molecule has 0 atom stereocenters. The first-order valence-electron chi connectivity index (χ1n) is 9.99. The van der Waals surface area contributed by atoms with Crippen LogP contribution in [-0.4, -0.2) is 69.7 Å². The van der Waals surface area contributed by atoms with Crippen LogP contribution in [0.15, 0.2) is 42.7 Å². The second-order valence-electron chi connectivity index (χ2n) is 7.84. The van der Waals surface area contributed by atoms with E-state index in [-0.39, 0.29) is 5.54 Å². The van der Waals surface area contributed by atoms with Crippen LogP contribution in [0.5, 0.6) is 0 Å². The summed E-state index contributed by atoms with van der Waals surface area (Å²) in [5.41, 5.74) is 2.50. The van der Waals surface area contributed by atoms with Crippen LogP contribution in [0, 0.1) is 0 Å². The topological polar surface area (TPSA) is 84.2 Å². The van der Waals surface area contributed by atoms with Gasteiger partial charge in [0.25, 0.3) is 5.95 Å². The first kappa shape index (κ1) is 16.9. The molecule has 3 aromatic rings. The molecule has 1 spiro atoms.